The van der Waals surface area contributed by atoms with Crippen LogP contribution in [-0.4, -0.2) is 42.0 Å². The number of carbonyl (C=O) groups is 2. The number of methoxy groups -OCH3 is 1. The fraction of sp³-hybridized carbons (Fsp3) is 0.440. The molecule has 7 heteroatoms. The van der Waals surface area contributed by atoms with Gasteiger partial charge >= 0.3 is 0 Å². The molecule has 2 amide bonds. The molecular formula is C25H33BrN2O4. The number of ether oxygens (including phenoxy) is 2. The first-order valence-corrected chi connectivity index (χ1v) is 11.5. The molecule has 0 saturated heterocycles. The molecule has 0 aliphatic rings. The Labute approximate surface area is 199 Å². The number of nitrogens with one attached hydrogen (secondary N) is 1. The zero-order valence-corrected chi connectivity index (χ0v) is 21.3. The Morgan fingerprint density at radius 2 is 1.72 bits per heavy atom. The van der Waals surface area contributed by atoms with Gasteiger partial charge in [0.15, 0.2) is 6.61 Å². The van der Waals surface area contributed by atoms with Crippen molar-refractivity contribution in [1.82, 2.24) is 10.2 Å². The van der Waals surface area contributed by atoms with Crippen LogP contribution in [0.2, 0.25) is 0 Å². The number of carbonyl (C=O) groups excluding carboxylic acids is 2. The number of amides is 2. The fourth-order valence-corrected chi connectivity index (χ4v) is 3.48. The number of rotatable bonds is 9. The van der Waals surface area contributed by atoms with Gasteiger partial charge in [-0.1, -0.05) is 35.0 Å². The molecule has 0 spiro atoms. The summed E-state index contributed by atoms with van der Waals surface area (Å²) < 4.78 is 12.0. The van der Waals surface area contributed by atoms with E-state index in [0.29, 0.717) is 18.7 Å². The minimum Gasteiger partial charge on any atom is -0.497 e. The Bertz CT molecular complexity index is 923. The zero-order chi connectivity index (χ0) is 23.9. The molecule has 1 atom stereocenters. The fourth-order valence-electron chi connectivity index (χ4n) is 3.24. The predicted molar refractivity (Wildman–Crippen MR) is 130 cm³/mol. The van der Waals surface area contributed by atoms with Crippen LogP contribution in [0.3, 0.4) is 0 Å². The summed E-state index contributed by atoms with van der Waals surface area (Å²) in [5.41, 5.74) is 1.52. The lowest BCUT2D eigenvalue weighted by Gasteiger charge is -2.33. The first-order chi connectivity index (χ1) is 15.0. The van der Waals surface area contributed by atoms with Crippen LogP contribution in [0.15, 0.2) is 46.9 Å². The average molecular weight is 505 g/mol. The molecule has 0 fully saturated rings. The van der Waals surface area contributed by atoms with E-state index in [1.165, 1.54) is 0 Å². The molecule has 2 aromatic carbocycles. The van der Waals surface area contributed by atoms with E-state index in [2.05, 4.69) is 21.2 Å². The smallest absolute Gasteiger partial charge is 0.261 e. The topological polar surface area (TPSA) is 67.9 Å². The molecule has 0 heterocycles. The van der Waals surface area contributed by atoms with Gasteiger partial charge < -0.3 is 19.7 Å². The molecule has 1 N–H and O–H groups in total. The summed E-state index contributed by atoms with van der Waals surface area (Å²) in [4.78, 5) is 27.9. The quantitative estimate of drug-likeness (QED) is 0.528. The maximum Gasteiger partial charge on any atom is 0.261 e. The minimum atomic E-state index is -0.612. The van der Waals surface area contributed by atoms with Gasteiger partial charge in [-0.2, -0.15) is 0 Å². The summed E-state index contributed by atoms with van der Waals surface area (Å²) in [6.45, 7) is 9.77. The molecule has 2 aromatic rings. The van der Waals surface area contributed by atoms with Gasteiger partial charge in [0.05, 0.1) is 7.11 Å². The maximum atomic E-state index is 13.3. The molecular weight excluding hydrogens is 472 g/mol. The molecule has 0 aromatic heterocycles. The third kappa shape index (κ3) is 7.55. The van der Waals surface area contributed by atoms with E-state index < -0.39 is 11.6 Å². The standard InChI is InChI=1S/C25H33BrN2O4/c1-7-22(24(30)27-25(3,4)5)28(15-18-8-10-19(31-6)11-9-18)23(29)16-32-20-12-13-21(26)17(2)14-20/h8-14,22H,7,15-16H2,1-6H3,(H,27,30). The number of benzene rings is 2. The number of hydrogen-bond acceptors (Lipinski definition) is 4. The van der Waals surface area contributed by atoms with Crippen LogP contribution in [0.4, 0.5) is 0 Å². The first-order valence-electron chi connectivity index (χ1n) is 10.7. The molecule has 0 aliphatic carbocycles. The van der Waals surface area contributed by atoms with Crippen LogP contribution in [-0.2, 0) is 16.1 Å². The van der Waals surface area contributed by atoms with Crippen molar-refractivity contribution in [2.24, 2.45) is 0 Å². The molecule has 0 radical (unpaired) electrons. The van der Waals surface area contributed by atoms with Crippen LogP contribution in [0.25, 0.3) is 0 Å². The van der Waals surface area contributed by atoms with E-state index >= 15 is 0 Å². The lowest BCUT2D eigenvalue weighted by atomic mass is 10.1. The highest BCUT2D eigenvalue weighted by Gasteiger charge is 2.30. The van der Waals surface area contributed by atoms with Gasteiger partial charge in [-0.05, 0) is 75.6 Å². The van der Waals surface area contributed by atoms with Crippen LogP contribution >= 0.6 is 15.9 Å². The van der Waals surface area contributed by atoms with E-state index in [9.17, 15) is 9.59 Å². The van der Waals surface area contributed by atoms with Gasteiger partial charge in [-0.25, -0.2) is 0 Å². The van der Waals surface area contributed by atoms with Crippen LogP contribution in [0, 0.1) is 6.92 Å². The molecule has 0 bridgehead atoms. The largest absolute Gasteiger partial charge is 0.497 e. The Morgan fingerprint density at radius 3 is 2.25 bits per heavy atom. The molecule has 0 saturated carbocycles. The van der Waals surface area contributed by atoms with Gasteiger partial charge in [0.1, 0.15) is 17.5 Å². The van der Waals surface area contributed by atoms with Gasteiger partial charge in [0.25, 0.3) is 5.91 Å². The van der Waals surface area contributed by atoms with Crippen molar-refractivity contribution in [3.05, 3.63) is 58.1 Å². The first kappa shape index (κ1) is 25.7. The summed E-state index contributed by atoms with van der Waals surface area (Å²) >= 11 is 3.46. The van der Waals surface area contributed by atoms with Crippen molar-refractivity contribution in [2.75, 3.05) is 13.7 Å². The SMILES string of the molecule is CCC(C(=O)NC(C)(C)C)N(Cc1ccc(OC)cc1)C(=O)COc1ccc(Br)c(C)c1. The molecule has 2 rings (SSSR count). The average Bonchev–Trinajstić information content (AvgIpc) is 2.73. The van der Waals surface area contributed by atoms with E-state index in [1.807, 2.05) is 77.1 Å². The molecule has 32 heavy (non-hydrogen) atoms. The van der Waals surface area contributed by atoms with Gasteiger partial charge in [-0.15, -0.1) is 0 Å². The summed E-state index contributed by atoms with van der Waals surface area (Å²) in [6, 6.07) is 12.4. The highest BCUT2D eigenvalue weighted by molar-refractivity contribution is 9.10. The van der Waals surface area contributed by atoms with Crippen LogP contribution < -0.4 is 14.8 Å². The third-order valence-electron chi connectivity index (χ3n) is 4.89. The number of aryl methyl sites for hydroxylation is 1. The molecule has 6 nitrogen and oxygen atoms in total. The van der Waals surface area contributed by atoms with Crippen LogP contribution in [0.1, 0.15) is 45.2 Å². The normalized spacial score (nSPS) is 12.1. The second-order valence-electron chi connectivity index (χ2n) is 8.73. The molecule has 0 aliphatic heterocycles. The summed E-state index contributed by atoms with van der Waals surface area (Å²) in [5.74, 6) is 0.910. The minimum absolute atomic E-state index is 0.156. The van der Waals surface area contributed by atoms with E-state index in [0.717, 1.165) is 21.3 Å². The van der Waals surface area contributed by atoms with Crippen molar-refractivity contribution in [3.8, 4) is 11.5 Å². The highest BCUT2D eigenvalue weighted by Crippen LogP contribution is 2.22. The van der Waals surface area contributed by atoms with E-state index in [4.69, 9.17) is 9.47 Å². The molecule has 174 valence electrons. The number of hydrogen-bond donors (Lipinski definition) is 1. The second-order valence-corrected chi connectivity index (χ2v) is 9.59. The zero-order valence-electron chi connectivity index (χ0n) is 19.7. The van der Waals surface area contributed by atoms with Gasteiger partial charge in [0.2, 0.25) is 5.91 Å². The van der Waals surface area contributed by atoms with E-state index in [1.54, 1.807) is 12.0 Å². The predicted octanol–water partition coefficient (Wildman–Crippen LogP) is 4.87. The van der Waals surface area contributed by atoms with Crippen molar-refractivity contribution in [2.45, 2.75) is 59.2 Å². The van der Waals surface area contributed by atoms with Crippen molar-refractivity contribution in [3.63, 3.8) is 0 Å². The van der Waals surface area contributed by atoms with Gasteiger partial charge in [-0.3, -0.25) is 9.59 Å². The van der Waals surface area contributed by atoms with Crippen LogP contribution in [0.5, 0.6) is 11.5 Å². The Kier molecular flexibility index (Phi) is 9.13. The Morgan fingerprint density at radius 1 is 1.09 bits per heavy atom. The Balaban J connectivity index is 2.24. The second kappa shape index (κ2) is 11.4. The summed E-state index contributed by atoms with van der Waals surface area (Å²) in [7, 11) is 1.61. The lowest BCUT2D eigenvalue weighted by Crippen LogP contribution is -2.54. The van der Waals surface area contributed by atoms with Crippen molar-refractivity contribution < 1.29 is 19.1 Å². The third-order valence-corrected chi connectivity index (χ3v) is 5.78. The highest BCUT2D eigenvalue weighted by atomic mass is 79.9. The van der Waals surface area contributed by atoms with Crippen molar-refractivity contribution >= 4 is 27.7 Å². The summed E-state index contributed by atoms with van der Waals surface area (Å²) in [5, 5.41) is 3.00. The summed E-state index contributed by atoms with van der Waals surface area (Å²) in [6.07, 6.45) is 0.487. The number of halogens is 1. The monoisotopic (exact) mass is 504 g/mol. The Hall–Kier alpha value is -2.54. The maximum absolute atomic E-state index is 13.3. The lowest BCUT2D eigenvalue weighted by molar-refractivity contribution is -0.143. The molecule has 1 unspecified atom stereocenters. The van der Waals surface area contributed by atoms with Crippen molar-refractivity contribution in [1.29, 1.82) is 0 Å². The van der Waals surface area contributed by atoms with Gasteiger partial charge in [0, 0.05) is 16.6 Å². The van der Waals surface area contributed by atoms with E-state index in [-0.39, 0.29) is 18.4 Å². The number of nitrogens with zero attached hydrogens (tertiary/aromatic N) is 1.